The molecule has 0 radical (unpaired) electrons. The summed E-state index contributed by atoms with van der Waals surface area (Å²) in [5.41, 5.74) is -0.708. The molecule has 4 rings (SSSR count). The molecule has 3 aromatic rings. The standard InChI is InChI=1S/C22H16F5N3O4/c23-15-2-1-7-28-19(15)20(12-3-5-17(16(24)8-12)34-22(25,26)27)30(14-10-33-11-14)21(32)13-4-6-18(31)29-9-13/h1-9,14,20H,10-11H2,(H,29,31)/t20-/m0/s1. The first-order valence-corrected chi connectivity index (χ1v) is 9.89. The fraction of sp³-hybridized carbons (Fsp3) is 0.227. The van der Waals surface area contributed by atoms with Crippen LogP contribution in [0.2, 0.25) is 0 Å². The maximum atomic E-state index is 14.8. The highest BCUT2D eigenvalue weighted by atomic mass is 19.4. The summed E-state index contributed by atoms with van der Waals surface area (Å²) < 4.78 is 76.0. The first kappa shape index (κ1) is 23.4. The summed E-state index contributed by atoms with van der Waals surface area (Å²) in [5.74, 6) is -3.92. The van der Waals surface area contributed by atoms with Gasteiger partial charge in [0, 0.05) is 18.5 Å². The Labute approximate surface area is 188 Å². The van der Waals surface area contributed by atoms with Crippen LogP contribution in [0.15, 0.2) is 59.7 Å². The van der Waals surface area contributed by atoms with Gasteiger partial charge < -0.3 is 19.4 Å². The molecule has 1 saturated heterocycles. The third-order valence-corrected chi connectivity index (χ3v) is 5.10. The first-order chi connectivity index (χ1) is 16.1. The lowest BCUT2D eigenvalue weighted by Crippen LogP contribution is -2.53. The highest BCUT2D eigenvalue weighted by Crippen LogP contribution is 2.36. The highest BCUT2D eigenvalue weighted by Gasteiger charge is 2.40. The van der Waals surface area contributed by atoms with E-state index in [1.165, 1.54) is 29.4 Å². The van der Waals surface area contributed by atoms with Crippen LogP contribution in [-0.2, 0) is 4.74 Å². The third-order valence-electron chi connectivity index (χ3n) is 5.10. The molecule has 1 aliphatic rings. The summed E-state index contributed by atoms with van der Waals surface area (Å²) in [6, 6.07) is 5.45. The maximum Gasteiger partial charge on any atom is 0.573 e. The quantitative estimate of drug-likeness (QED) is 0.545. The number of amides is 1. The number of carbonyl (C=O) groups excluding carboxylic acids is 1. The number of rotatable bonds is 6. The van der Waals surface area contributed by atoms with Crippen LogP contribution < -0.4 is 10.3 Å². The molecule has 34 heavy (non-hydrogen) atoms. The van der Waals surface area contributed by atoms with Gasteiger partial charge in [0.15, 0.2) is 11.6 Å². The molecule has 0 spiro atoms. The predicted octanol–water partition coefficient (Wildman–Crippen LogP) is 3.58. The number of carbonyl (C=O) groups is 1. The zero-order valence-electron chi connectivity index (χ0n) is 17.2. The first-order valence-electron chi connectivity index (χ1n) is 9.89. The normalized spacial score (nSPS) is 14.9. The monoisotopic (exact) mass is 481 g/mol. The van der Waals surface area contributed by atoms with Crippen LogP contribution >= 0.6 is 0 Å². The summed E-state index contributed by atoms with van der Waals surface area (Å²) in [5, 5.41) is 0. The molecule has 1 N–H and O–H groups in total. The molecule has 12 heteroatoms. The van der Waals surface area contributed by atoms with E-state index in [2.05, 4.69) is 14.7 Å². The molecule has 1 amide bonds. The number of benzene rings is 1. The van der Waals surface area contributed by atoms with E-state index in [-0.39, 0.29) is 30.0 Å². The Kier molecular flexibility index (Phi) is 6.33. The topological polar surface area (TPSA) is 84.5 Å². The van der Waals surface area contributed by atoms with Crippen LogP contribution in [0, 0.1) is 11.6 Å². The molecule has 1 fully saturated rings. The van der Waals surface area contributed by atoms with E-state index in [0.717, 1.165) is 30.3 Å². The van der Waals surface area contributed by atoms with Gasteiger partial charge in [-0.3, -0.25) is 14.6 Å². The minimum atomic E-state index is -5.12. The van der Waals surface area contributed by atoms with Gasteiger partial charge in [-0.25, -0.2) is 8.78 Å². The van der Waals surface area contributed by atoms with Crippen molar-refractivity contribution in [3.63, 3.8) is 0 Å². The second-order valence-corrected chi connectivity index (χ2v) is 7.36. The molecule has 1 aliphatic heterocycles. The average Bonchev–Trinajstić information content (AvgIpc) is 2.74. The Morgan fingerprint density at radius 3 is 2.47 bits per heavy atom. The number of H-pyrrole nitrogens is 1. The molecule has 0 bridgehead atoms. The van der Waals surface area contributed by atoms with Crippen LogP contribution in [0.25, 0.3) is 0 Å². The minimum absolute atomic E-state index is 0.0466. The molecule has 178 valence electrons. The van der Waals surface area contributed by atoms with Crippen LogP contribution in [0.3, 0.4) is 0 Å². The number of ether oxygens (including phenoxy) is 2. The number of hydrogen-bond acceptors (Lipinski definition) is 5. The van der Waals surface area contributed by atoms with Gasteiger partial charge in [-0.1, -0.05) is 6.07 Å². The number of aromatic amines is 1. The second-order valence-electron chi connectivity index (χ2n) is 7.36. The fourth-order valence-corrected chi connectivity index (χ4v) is 3.51. The fourth-order valence-electron chi connectivity index (χ4n) is 3.51. The largest absolute Gasteiger partial charge is 0.573 e. The van der Waals surface area contributed by atoms with Crippen molar-refractivity contribution in [1.82, 2.24) is 14.9 Å². The van der Waals surface area contributed by atoms with Crippen LogP contribution in [0.1, 0.15) is 27.7 Å². The number of halogens is 5. The molecular formula is C22H16F5N3O4. The lowest BCUT2D eigenvalue weighted by atomic mass is 9.97. The van der Waals surface area contributed by atoms with Crippen LogP contribution in [-0.4, -0.2) is 46.4 Å². The van der Waals surface area contributed by atoms with Gasteiger partial charge in [-0.15, -0.1) is 13.2 Å². The van der Waals surface area contributed by atoms with Crippen molar-refractivity contribution in [2.45, 2.75) is 18.4 Å². The highest BCUT2D eigenvalue weighted by molar-refractivity contribution is 5.94. The lowest BCUT2D eigenvalue weighted by Gasteiger charge is -2.42. The van der Waals surface area contributed by atoms with E-state index >= 15 is 0 Å². The number of nitrogens with one attached hydrogen (secondary N) is 1. The Balaban J connectivity index is 1.84. The Hall–Kier alpha value is -3.80. The number of pyridine rings is 2. The van der Waals surface area contributed by atoms with Crippen LogP contribution in [0.4, 0.5) is 22.0 Å². The van der Waals surface area contributed by atoms with Gasteiger partial charge >= 0.3 is 6.36 Å². The molecule has 2 aromatic heterocycles. The Morgan fingerprint density at radius 2 is 1.91 bits per heavy atom. The predicted molar refractivity (Wildman–Crippen MR) is 107 cm³/mol. The van der Waals surface area contributed by atoms with Gasteiger partial charge in [0.1, 0.15) is 17.6 Å². The van der Waals surface area contributed by atoms with Crippen molar-refractivity contribution in [3.8, 4) is 5.75 Å². The number of hydrogen-bond donors (Lipinski definition) is 1. The summed E-state index contributed by atoms with van der Waals surface area (Å²) >= 11 is 0. The summed E-state index contributed by atoms with van der Waals surface area (Å²) in [6.45, 7) is 0.162. The summed E-state index contributed by atoms with van der Waals surface area (Å²) in [7, 11) is 0. The van der Waals surface area contributed by atoms with Crippen molar-refractivity contribution >= 4 is 5.91 Å². The molecule has 0 saturated carbocycles. The van der Waals surface area contributed by atoms with E-state index < -0.39 is 47.3 Å². The van der Waals surface area contributed by atoms with Crippen LogP contribution in [0.5, 0.6) is 5.75 Å². The number of aromatic nitrogens is 2. The van der Waals surface area contributed by atoms with E-state index in [1.54, 1.807) is 0 Å². The SMILES string of the molecule is O=C(c1ccc(=O)[nH]c1)N(C1COC1)[C@@H](c1ccc(OC(F)(F)F)c(F)c1)c1ncccc1F. The van der Waals surface area contributed by atoms with Gasteiger partial charge in [-0.05, 0) is 35.9 Å². The summed E-state index contributed by atoms with van der Waals surface area (Å²) in [6.07, 6.45) is -2.68. The molecule has 0 aliphatic carbocycles. The zero-order chi connectivity index (χ0) is 24.5. The van der Waals surface area contributed by atoms with Crippen molar-refractivity contribution < 1.29 is 36.2 Å². The van der Waals surface area contributed by atoms with E-state index in [4.69, 9.17) is 4.74 Å². The van der Waals surface area contributed by atoms with Crippen molar-refractivity contribution in [2.75, 3.05) is 13.2 Å². The van der Waals surface area contributed by atoms with Crippen molar-refractivity contribution in [2.24, 2.45) is 0 Å². The van der Waals surface area contributed by atoms with Crippen molar-refractivity contribution in [1.29, 1.82) is 0 Å². The smallest absolute Gasteiger partial charge is 0.403 e. The minimum Gasteiger partial charge on any atom is -0.403 e. The van der Waals surface area contributed by atoms with E-state index in [1.807, 2.05) is 0 Å². The van der Waals surface area contributed by atoms with Crippen molar-refractivity contribution in [3.05, 3.63) is 93.7 Å². The maximum absolute atomic E-state index is 14.8. The molecule has 1 atom stereocenters. The Morgan fingerprint density at radius 1 is 1.15 bits per heavy atom. The van der Waals surface area contributed by atoms with Gasteiger partial charge in [0.05, 0.1) is 24.8 Å². The molecule has 7 nitrogen and oxygen atoms in total. The Bertz CT molecular complexity index is 1240. The molecular weight excluding hydrogens is 465 g/mol. The van der Waals surface area contributed by atoms with Gasteiger partial charge in [0.2, 0.25) is 5.56 Å². The van der Waals surface area contributed by atoms with Gasteiger partial charge in [0.25, 0.3) is 5.91 Å². The number of nitrogens with zero attached hydrogens (tertiary/aromatic N) is 2. The zero-order valence-corrected chi connectivity index (χ0v) is 17.2. The second kappa shape index (κ2) is 9.21. The lowest BCUT2D eigenvalue weighted by molar-refractivity contribution is -0.275. The van der Waals surface area contributed by atoms with Gasteiger partial charge in [-0.2, -0.15) is 0 Å². The van der Waals surface area contributed by atoms with E-state index in [9.17, 15) is 31.5 Å². The summed E-state index contributed by atoms with van der Waals surface area (Å²) in [4.78, 5) is 32.5. The third kappa shape index (κ3) is 4.91. The van der Waals surface area contributed by atoms with E-state index in [0.29, 0.717) is 0 Å². The molecule has 3 heterocycles. The molecule has 1 aromatic carbocycles. The number of alkyl halides is 3. The average molecular weight is 481 g/mol. The molecule has 0 unspecified atom stereocenters.